The molecule has 1 amide bonds. The Labute approximate surface area is 145 Å². The van der Waals surface area contributed by atoms with Gasteiger partial charge in [0, 0.05) is 12.1 Å². The number of likely N-dealkylation sites (N-methyl/N-ethyl adjacent to an activating group) is 1. The van der Waals surface area contributed by atoms with E-state index in [9.17, 15) is 14.9 Å². The SMILES string of the molecule is Cc1nn(CC(=O)N(C)C(C)c2cccc(Cl)c2)c(C)c1[N+](=O)[O-]. The first kappa shape index (κ1) is 17.9. The highest BCUT2D eigenvalue weighted by Crippen LogP contribution is 2.24. The Kier molecular flexibility index (Phi) is 5.23. The number of aryl methyl sites for hydroxylation is 1. The largest absolute Gasteiger partial charge is 0.337 e. The molecule has 0 bridgehead atoms. The van der Waals surface area contributed by atoms with Crippen LogP contribution in [0.25, 0.3) is 0 Å². The van der Waals surface area contributed by atoms with Crippen LogP contribution in [0.3, 0.4) is 0 Å². The van der Waals surface area contributed by atoms with Crippen molar-refractivity contribution in [2.45, 2.75) is 33.4 Å². The van der Waals surface area contributed by atoms with Crippen LogP contribution in [0.1, 0.15) is 29.9 Å². The average molecular weight is 351 g/mol. The summed E-state index contributed by atoms with van der Waals surface area (Å²) in [7, 11) is 1.69. The third-order valence-electron chi connectivity index (χ3n) is 4.12. The number of benzene rings is 1. The van der Waals surface area contributed by atoms with Gasteiger partial charge in [0.2, 0.25) is 5.91 Å². The van der Waals surface area contributed by atoms with Gasteiger partial charge in [0.1, 0.15) is 17.9 Å². The van der Waals surface area contributed by atoms with Crippen LogP contribution in [0.5, 0.6) is 0 Å². The van der Waals surface area contributed by atoms with Gasteiger partial charge in [0.05, 0.1) is 11.0 Å². The van der Waals surface area contributed by atoms with Crippen LogP contribution < -0.4 is 0 Å². The molecule has 1 atom stereocenters. The lowest BCUT2D eigenvalue weighted by Gasteiger charge is -2.25. The molecule has 1 heterocycles. The van der Waals surface area contributed by atoms with Crippen molar-refractivity contribution in [1.82, 2.24) is 14.7 Å². The average Bonchev–Trinajstić information content (AvgIpc) is 2.79. The number of amides is 1. The minimum absolute atomic E-state index is 0.0478. The maximum atomic E-state index is 12.5. The van der Waals surface area contributed by atoms with Crippen molar-refractivity contribution in [2.75, 3.05) is 7.05 Å². The predicted molar refractivity (Wildman–Crippen MR) is 91.0 cm³/mol. The molecule has 0 aliphatic heterocycles. The van der Waals surface area contributed by atoms with Crippen molar-refractivity contribution < 1.29 is 9.72 Å². The van der Waals surface area contributed by atoms with E-state index in [1.54, 1.807) is 31.9 Å². The Hall–Kier alpha value is -2.41. The molecule has 0 aliphatic rings. The quantitative estimate of drug-likeness (QED) is 0.612. The number of aromatic nitrogens is 2. The van der Waals surface area contributed by atoms with Crippen molar-refractivity contribution in [2.24, 2.45) is 0 Å². The molecule has 1 aromatic carbocycles. The number of rotatable bonds is 5. The van der Waals surface area contributed by atoms with E-state index in [0.717, 1.165) is 5.56 Å². The molecule has 0 radical (unpaired) electrons. The molecule has 0 saturated heterocycles. The first-order valence-corrected chi connectivity index (χ1v) is 7.79. The van der Waals surface area contributed by atoms with Crippen LogP contribution in [0, 0.1) is 24.0 Å². The molecule has 0 spiro atoms. The van der Waals surface area contributed by atoms with Crippen LogP contribution in [0.2, 0.25) is 5.02 Å². The van der Waals surface area contributed by atoms with Gasteiger partial charge in [-0.05, 0) is 38.5 Å². The van der Waals surface area contributed by atoms with Crippen LogP contribution >= 0.6 is 11.6 Å². The molecule has 0 fully saturated rings. The molecule has 0 saturated carbocycles. The summed E-state index contributed by atoms with van der Waals surface area (Å²) >= 11 is 5.99. The van der Waals surface area contributed by atoms with Crippen molar-refractivity contribution in [3.05, 3.63) is 56.4 Å². The van der Waals surface area contributed by atoms with Gasteiger partial charge in [-0.2, -0.15) is 5.10 Å². The highest BCUT2D eigenvalue weighted by molar-refractivity contribution is 6.30. The van der Waals surface area contributed by atoms with E-state index in [1.165, 1.54) is 4.68 Å². The molecular weight excluding hydrogens is 332 g/mol. The van der Waals surface area contributed by atoms with Crippen LogP contribution in [-0.4, -0.2) is 32.6 Å². The lowest BCUT2D eigenvalue weighted by molar-refractivity contribution is -0.386. The number of hydrogen-bond acceptors (Lipinski definition) is 4. The Morgan fingerprint density at radius 3 is 2.67 bits per heavy atom. The summed E-state index contributed by atoms with van der Waals surface area (Å²) in [6, 6.07) is 7.13. The van der Waals surface area contributed by atoms with Crippen molar-refractivity contribution in [3.8, 4) is 0 Å². The van der Waals surface area contributed by atoms with E-state index in [-0.39, 0.29) is 24.2 Å². The summed E-state index contributed by atoms with van der Waals surface area (Å²) in [5, 5.41) is 15.8. The molecule has 24 heavy (non-hydrogen) atoms. The number of carbonyl (C=O) groups is 1. The number of nitro groups is 1. The zero-order valence-corrected chi connectivity index (χ0v) is 14.7. The molecule has 2 rings (SSSR count). The molecule has 1 aromatic heterocycles. The van der Waals surface area contributed by atoms with Crippen LogP contribution in [-0.2, 0) is 11.3 Å². The molecular formula is C16H19ClN4O3. The Morgan fingerprint density at radius 2 is 2.12 bits per heavy atom. The van der Waals surface area contributed by atoms with Gasteiger partial charge >= 0.3 is 5.69 Å². The Morgan fingerprint density at radius 1 is 1.46 bits per heavy atom. The van der Waals surface area contributed by atoms with Gasteiger partial charge in [-0.15, -0.1) is 0 Å². The zero-order chi connectivity index (χ0) is 18.0. The second-order valence-electron chi connectivity index (χ2n) is 5.67. The van der Waals surface area contributed by atoms with E-state index in [4.69, 9.17) is 11.6 Å². The topological polar surface area (TPSA) is 81.3 Å². The number of carbonyl (C=O) groups excluding carboxylic acids is 1. The number of hydrogen-bond donors (Lipinski definition) is 0. The maximum absolute atomic E-state index is 12.5. The monoisotopic (exact) mass is 350 g/mol. The van der Waals surface area contributed by atoms with Gasteiger partial charge in [0.15, 0.2) is 0 Å². The smallest absolute Gasteiger partial charge is 0.312 e. The van der Waals surface area contributed by atoms with Crippen LogP contribution in [0.4, 0.5) is 5.69 Å². The first-order chi connectivity index (χ1) is 11.2. The fourth-order valence-corrected chi connectivity index (χ4v) is 2.75. The van der Waals surface area contributed by atoms with Gasteiger partial charge in [0.25, 0.3) is 0 Å². The minimum atomic E-state index is -0.475. The second kappa shape index (κ2) is 7.00. The second-order valence-corrected chi connectivity index (χ2v) is 6.11. The number of halogens is 1. The molecule has 128 valence electrons. The lowest BCUT2D eigenvalue weighted by Crippen LogP contribution is -2.33. The van der Waals surface area contributed by atoms with E-state index in [1.807, 2.05) is 25.1 Å². The van der Waals surface area contributed by atoms with Gasteiger partial charge in [-0.3, -0.25) is 19.6 Å². The molecule has 0 N–H and O–H groups in total. The van der Waals surface area contributed by atoms with Gasteiger partial charge < -0.3 is 4.90 Å². The Bertz CT molecular complexity index is 788. The highest BCUT2D eigenvalue weighted by Gasteiger charge is 2.25. The van der Waals surface area contributed by atoms with E-state index in [0.29, 0.717) is 16.4 Å². The normalized spacial score (nSPS) is 12.0. The predicted octanol–water partition coefficient (Wildman–Crippen LogP) is 3.28. The standard InChI is InChI=1S/C16H19ClN4O3/c1-10-16(21(23)24)12(3)20(18-10)9-15(22)19(4)11(2)13-6-5-7-14(17)8-13/h5-8,11H,9H2,1-4H3. The highest BCUT2D eigenvalue weighted by atomic mass is 35.5. The molecule has 1 unspecified atom stereocenters. The lowest BCUT2D eigenvalue weighted by atomic mass is 10.1. The Balaban J connectivity index is 2.18. The van der Waals surface area contributed by atoms with E-state index in [2.05, 4.69) is 5.10 Å². The minimum Gasteiger partial charge on any atom is -0.337 e. The van der Waals surface area contributed by atoms with Gasteiger partial charge in [-0.1, -0.05) is 23.7 Å². The first-order valence-electron chi connectivity index (χ1n) is 7.42. The molecule has 8 heteroatoms. The zero-order valence-electron chi connectivity index (χ0n) is 14.0. The summed E-state index contributed by atoms with van der Waals surface area (Å²) in [5.41, 5.74) is 1.54. The third-order valence-corrected chi connectivity index (χ3v) is 4.35. The summed E-state index contributed by atoms with van der Waals surface area (Å²) in [6.45, 7) is 4.99. The fraction of sp³-hybridized carbons (Fsp3) is 0.375. The van der Waals surface area contributed by atoms with E-state index >= 15 is 0 Å². The summed E-state index contributed by atoms with van der Waals surface area (Å²) in [4.78, 5) is 24.7. The molecule has 7 nitrogen and oxygen atoms in total. The van der Waals surface area contributed by atoms with Crippen molar-refractivity contribution in [3.63, 3.8) is 0 Å². The summed E-state index contributed by atoms with van der Waals surface area (Å²) in [5.74, 6) is -0.192. The summed E-state index contributed by atoms with van der Waals surface area (Å²) in [6.07, 6.45) is 0. The van der Waals surface area contributed by atoms with Gasteiger partial charge in [-0.25, -0.2) is 0 Å². The maximum Gasteiger partial charge on any atom is 0.312 e. The molecule has 2 aromatic rings. The van der Waals surface area contributed by atoms with Crippen LogP contribution in [0.15, 0.2) is 24.3 Å². The van der Waals surface area contributed by atoms with E-state index < -0.39 is 4.92 Å². The third kappa shape index (κ3) is 3.56. The summed E-state index contributed by atoms with van der Waals surface area (Å²) < 4.78 is 1.37. The van der Waals surface area contributed by atoms with Crippen molar-refractivity contribution in [1.29, 1.82) is 0 Å². The fourth-order valence-electron chi connectivity index (χ4n) is 2.55. The molecule has 0 aliphatic carbocycles. The number of nitrogens with zero attached hydrogens (tertiary/aromatic N) is 4. The van der Waals surface area contributed by atoms with Crippen molar-refractivity contribution >= 4 is 23.2 Å².